The summed E-state index contributed by atoms with van der Waals surface area (Å²) < 4.78 is 5.63. The molecular formula is C14H28N2O. The van der Waals surface area contributed by atoms with Crippen molar-refractivity contribution in [1.29, 1.82) is 0 Å². The Labute approximate surface area is 106 Å². The molecule has 2 heterocycles. The first-order valence-corrected chi connectivity index (χ1v) is 7.22. The van der Waals surface area contributed by atoms with Gasteiger partial charge >= 0.3 is 0 Å². The van der Waals surface area contributed by atoms with Gasteiger partial charge in [-0.2, -0.15) is 0 Å². The molecule has 3 nitrogen and oxygen atoms in total. The van der Waals surface area contributed by atoms with Crippen LogP contribution >= 0.6 is 0 Å². The first kappa shape index (κ1) is 13.3. The molecule has 2 aliphatic heterocycles. The van der Waals surface area contributed by atoms with E-state index >= 15 is 0 Å². The number of likely N-dealkylation sites (tertiary alicyclic amines) is 1. The molecular weight excluding hydrogens is 212 g/mol. The van der Waals surface area contributed by atoms with Crippen LogP contribution in [0, 0.1) is 17.8 Å². The van der Waals surface area contributed by atoms with Gasteiger partial charge in [-0.15, -0.1) is 0 Å². The van der Waals surface area contributed by atoms with Crippen LogP contribution in [0.5, 0.6) is 0 Å². The summed E-state index contributed by atoms with van der Waals surface area (Å²) in [5.41, 5.74) is 0. The Kier molecular flexibility index (Phi) is 4.83. The molecule has 0 aliphatic carbocycles. The fraction of sp³-hybridized carbons (Fsp3) is 1.00. The van der Waals surface area contributed by atoms with Crippen molar-refractivity contribution in [2.75, 3.05) is 39.4 Å². The van der Waals surface area contributed by atoms with Gasteiger partial charge in [0, 0.05) is 31.6 Å². The average Bonchev–Trinajstić information content (AvgIpc) is 2.65. The number of nitrogens with one attached hydrogen (secondary N) is 1. The van der Waals surface area contributed by atoms with Crippen molar-refractivity contribution >= 4 is 0 Å². The zero-order chi connectivity index (χ0) is 12.3. The van der Waals surface area contributed by atoms with Crippen LogP contribution in [0.3, 0.4) is 0 Å². The van der Waals surface area contributed by atoms with Crippen molar-refractivity contribution in [2.24, 2.45) is 17.8 Å². The molecule has 4 atom stereocenters. The molecule has 0 aromatic carbocycles. The van der Waals surface area contributed by atoms with Crippen LogP contribution in [-0.4, -0.2) is 50.3 Å². The third-order valence-corrected chi connectivity index (χ3v) is 4.10. The van der Waals surface area contributed by atoms with E-state index in [1.165, 1.54) is 26.1 Å². The van der Waals surface area contributed by atoms with E-state index in [0.717, 1.165) is 31.6 Å². The van der Waals surface area contributed by atoms with Crippen LogP contribution in [0.4, 0.5) is 0 Å². The summed E-state index contributed by atoms with van der Waals surface area (Å²) >= 11 is 0. The maximum absolute atomic E-state index is 5.63. The van der Waals surface area contributed by atoms with E-state index in [9.17, 15) is 0 Å². The lowest BCUT2D eigenvalue weighted by Gasteiger charge is -2.37. The Morgan fingerprint density at radius 3 is 2.53 bits per heavy atom. The van der Waals surface area contributed by atoms with Crippen LogP contribution < -0.4 is 5.32 Å². The van der Waals surface area contributed by atoms with Gasteiger partial charge in [0.1, 0.15) is 0 Å². The van der Waals surface area contributed by atoms with Crippen molar-refractivity contribution in [3.8, 4) is 0 Å². The second kappa shape index (κ2) is 6.17. The van der Waals surface area contributed by atoms with Gasteiger partial charge in [-0.05, 0) is 24.8 Å². The van der Waals surface area contributed by atoms with E-state index in [2.05, 4.69) is 31.0 Å². The highest BCUT2D eigenvalue weighted by Crippen LogP contribution is 2.23. The van der Waals surface area contributed by atoms with Crippen molar-refractivity contribution < 1.29 is 4.74 Å². The molecule has 17 heavy (non-hydrogen) atoms. The molecule has 0 aromatic rings. The Bertz CT molecular complexity index is 224. The number of rotatable bonds is 4. The summed E-state index contributed by atoms with van der Waals surface area (Å²) in [4.78, 5) is 2.66. The third-order valence-electron chi connectivity index (χ3n) is 4.10. The SMILES string of the molecule is CCNC1COCC1CN1CC(C)CC(C)C1. The van der Waals surface area contributed by atoms with Crippen LogP contribution in [0.2, 0.25) is 0 Å². The van der Waals surface area contributed by atoms with Gasteiger partial charge in [0.2, 0.25) is 0 Å². The van der Waals surface area contributed by atoms with E-state index in [1.807, 2.05) is 0 Å². The third kappa shape index (κ3) is 3.67. The van der Waals surface area contributed by atoms with Crippen molar-refractivity contribution in [3.05, 3.63) is 0 Å². The van der Waals surface area contributed by atoms with Crippen LogP contribution in [0.25, 0.3) is 0 Å². The van der Waals surface area contributed by atoms with Gasteiger partial charge in [-0.25, -0.2) is 0 Å². The highest BCUT2D eigenvalue weighted by atomic mass is 16.5. The maximum Gasteiger partial charge on any atom is 0.0623 e. The standard InChI is InChI=1S/C14H28N2O/c1-4-15-14-10-17-9-13(14)8-16-6-11(2)5-12(3)7-16/h11-15H,4-10H2,1-3H3. The fourth-order valence-corrected chi connectivity index (χ4v) is 3.54. The number of ether oxygens (including phenoxy) is 1. The number of piperidine rings is 1. The first-order chi connectivity index (χ1) is 8.19. The predicted molar refractivity (Wildman–Crippen MR) is 71.2 cm³/mol. The molecule has 1 N–H and O–H groups in total. The quantitative estimate of drug-likeness (QED) is 0.807. The van der Waals surface area contributed by atoms with E-state index in [-0.39, 0.29) is 0 Å². The van der Waals surface area contributed by atoms with E-state index in [0.29, 0.717) is 12.0 Å². The molecule has 2 fully saturated rings. The smallest absolute Gasteiger partial charge is 0.0623 e. The molecule has 0 bridgehead atoms. The van der Waals surface area contributed by atoms with Gasteiger partial charge < -0.3 is 15.0 Å². The highest BCUT2D eigenvalue weighted by Gasteiger charge is 2.31. The van der Waals surface area contributed by atoms with Gasteiger partial charge in [-0.3, -0.25) is 0 Å². The lowest BCUT2D eigenvalue weighted by Crippen LogP contribution is -2.46. The molecule has 2 aliphatic rings. The average molecular weight is 240 g/mol. The normalized spacial score (nSPS) is 39.7. The first-order valence-electron chi connectivity index (χ1n) is 7.22. The molecule has 0 aromatic heterocycles. The molecule has 3 heteroatoms. The Morgan fingerprint density at radius 2 is 1.88 bits per heavy atom. The second-order valence-corrected chi connectivity index (χ2v) is 6.13. The van der Waals surface area contributed by atoms with Crippen LogP contribution in [-0.2, 0) is 4.74 Å². The van der Waals surface area contributed by atoms with E-state index in [4.69, 9.17) is 4.74 Å². The predicted octanol–water partition coefficient (Wildman–Crippen LogP) is 1.59. The van der Waals surface area contributed by atoms with E-state index < -0.39 is 0 Å². The largest absolute Gasteiger partial charge is 0.379 e. The summed E-state index contributed by atoms with van der Waals surface area (Å²) in [5.74, 6) is 2.41. The van der Waals surface area contributed by atoms with Gasteiger partial charge in [0.15, 0.2) is 0 Å². The molecule has 2 rings (SSSR count). The monoisotopic (exact) mass is 240 g/mol. The summed E-state index contributed by atoms with van der Waals surface area (Å²) in [5, 5.41) is 3.55. The molecule has 0 spiro atoms. The Balaban J connectivity index is 1.82. The minimum atomic E-state index is 0.576. The van der Waals surface area contributed by atoms with Gasteiger partial charge in [0.05, 0.1) is 13.2 Å². The molecule has 4 unspecified atom stereocenters. The summed E-state index contributed by atoms with van der Waals surface area (Å²) in [6.07, 6.45) is 1.40. The molecule has 100 valence electrons. The molecule has 2 saturated heterocycles. The van der Waals surface area contributed by atoms with Gasteiger partial charge in [0.25, 0.3) is 0 Å². The van der Waals surface area contributed by atoms with Crippen molar-refractivity contribution in [2.45, 2.75) is 33.2 Å². The zero-order valence-electron chi connectivity index (χ0n) is 11.6. The Hall–Kier alpha value is -0.120. The number of hydrogen-bond donors (Lipinski definition) is 1. The lowest BCUT2D eigenvalue weighted by atomic mass is 9.90. The second-order valence-electron chi connectivity index (χ2n) is 6.13. The number of nitrogens with zero attached hydrogens (tertiary/aromatic N) is 1. The number of hydrogen-bond acceptors (Lipinski definition) is 3. The highest BCUT2D eigenvalue weighted by molar-refractivity contribution is 4.85. The van der Waals surface area contributed by atoms with Crippen LogP contribution in [0.15, 0.2) is 0 Å². The lowest BCUT2D eigenvalue weighted by molar-refractivity contribution is 0.111. The summed E-state index contributed by atoms with van der Waals surface area (Å²) in [6, 6.07) is 0.576. The summed E-state index contributed by atoms with van der Waals surface area (Å²) in [6.45, 7) is 13.6. The minimum absolute atomic E-state index is 0.576. The van der Waals surface area contributed by atoms with E-state index in [1.54, 1.807) is 0 Å². The fourth-order valence-electron chi connectivity index (χ4n) is 3.54. The summed E-state index contributed by atoms with van der Waals surface area (Å²) in [7, 11) is 0. The van der Waals surface area contributed by atoms with Crippen molar-refractivity contribution in [3.63, 3.8) is 0 Å². The van der Waals surface area contributed by atoms with Crippen LogP contribution in [0.1, 0.15) is 27.2 Å². The Morgan fingerprint density at radius 1 is 1.18 bits per heavy atom. The maximum atomic E-state index is 5.63. The topological polar surface area (TPSA) is 24.5 Å². The van der Waals surface area contributed by atoms with Crippen molar-refractivity contribution in [1.82, 2.24) is 10.2 Å². The molecule has 0 radical (unpaired) electrons. The number of likely N-dealkylation sites (N-methyl/N-ethyl adjacent to an activating group) is 1. The zero-order valence-corrected chi connectivity index (χ0v) is 11.6. The minimum Gasteiger partial charge on any atom is -0.379 e. The van der Waals surface area contributed by atoms with Gasteiger partial charge in [-0.1, -0.05) is 20.8 Å². The molecule has 0 amide bonds. The molecule has 0 saturated carbocycles.